The summed E-state index contributed by atoms with van der Waals surface area (Å²) in [5.74, 6) is 1.71. The quantitative estimate of drug-likeness (QED) is 0.362. The first-order valence-corrected chi connectivity index (χ1v) is 9.11. The number of nitrogens with zero attached hydrogens (tertiary/aromatic N) is 2. The summed E-state index contributed by atoms with van der Waals surface area (Å²) >= 11 is 0. The molecule has 1 fully saturated rings. The van der Waals surface area contributed by atoms with Crippen LogP contribution in [0.2, 0.25) is 0 Å². The van der Waals surface area contributed by atoms with Crippen molar-refractivity contribution >= 4 is 29.9 Å². The second-order valence-corrected chi connectivity index (χ2v) is 7.91. The lowest BCUT2D eigenvalue weighted by molar-refractivity contribution is 0.343. The summed E-state index contributed by atoms with van der Waals surface area (Å²) in [4.78, 5) is 7.34. The van der Waals surface area contributed by atoms with E-state index in [4.69, 9.17) is 4.99 Å². The van der Waals surface area contributed by atoms with Crippen LogP contribution in [0, 0.1) is 11.3 Å². The molecular formula is C18H39IN4. The van der Waals surface area contributed by atoms with E-state index in [1.807, 2.05) is 0 Å². The molecule has 1 aliphatic heterocycles. The Labute approximate surface area is 161 Å². The first-order valence-electron chi connectivity index (χ1n) is 9.11. The molecule has 0 aromatic rings. The molecule has 0 aromatic heterocycles. The summed E-state index contributed by atoms with van der Waals surface area (Å²) in [6.45, 7) is 19.0. The molecule has 1 aliphatic rings. The number of hydrogen-bond donors (Lipinski definition) is 2. The van der Waals surface area contributed by atoms with E-state index in [-0.39, 0.29) is 24.0 Å². The van der Waals surface area contributed by atoms with E-state index in [2.05, 4.69) is 57.1 Å². The fourth-order valence-corrected chi connectivity index (χ4v) is 2.84. The van der Waals surface area contributed by atoms with Crippen molar-refractivity contribution in [2.75, 3.05) is 32.7 Å². The van der Waals surface area contributed by atoms with E-state index in [0.717, 1.165) is 25.0 Å². The molecule has 138 valence electrons. The third kappa shape index (κ3) is 10.4. The Hall–Kier alpha value is -0.0400. The number of halogens is 1. The smallest absolute Gasteiger partial charge is 0.191 e. The third-order valence-corrected chi connectivity index (χ3v) is 4.38. The summed E-state index contributed by atoms with van der Waals surface area (Å²) < 4.78 is 0. The van der Waals surface area contributed by atoms with Crippen LogP contribution >= 0.6 is 24.0 Å². The highest BCUT2D eigenvalue weighted by molar-refractivity contribution is 14.0. The summed E-state index contributed by atoms with van der Waals surface area (Å²) in [5.41, 5.74) is 0.402. The van der Waals surface area contributed by atoms with Crippen molar-refractivity contribution in [2.24, 2.45) is 16.3 Å². The lowest BCUT2D eigenvalue weighted by Gasteiger charge is -2.23. The van der Waals surface area contributed by atoms with Crippen LogP contribution in [0.15, 0.2) is 4.99 Å². The highest BCUT2D eigenvalue weighted by atomic mass is 127. The minimum atomic E-state index is 0. The van der Waals surface area contributed by atoms with Gasteiger partial charge in [0.05, 0.1) is 0 Å². The molecule has 0 aromatic carbocycles. The maximum atomic E-state index is 4.82. The van der Waals surface area contributed by atoms with Crippen LogP contribution in [0.1, 0.15) is 60.8 Å². The zero-order chi connectivity index (χ0) is 16.6. The zero-order valence-corrected chi connectivity index (χ0v) is 18.4. The zero-order valence-electron chi connectivity index (χ0n) is 16.1. The van der Waals surface area contributed by atoms with Gasteiger partial charge in [-0.15, -0.1) is 24.0 Å². The summed E-state index contributed by atoms with van der Waals surface area (Å²) in [6, 6.07) is 0.466. The molecule has 1 rings (SSSR count). The predicted octanol–water partition coefficient (Wildman–Crippen LogP) is 3.72. The van der Waals surface area contributed by atoms with Crippen LogP contribution < -0.4 is 10.6 Å². The Morgan fingerprint density at radius 3 is 2.52 bits per heavy atom. The highest BCUT2D eigenvalue weighted by Crippen LogP contribution is 2.21. The normalized spacial score (nSPS) is 21.0. The summed E-state index contributed by atoms with van der Waals surface area (Å²) in [6.07, 6.45) is 3.70. The van der Waals surface area contributed by atoms with Gasteiger partial charge in [-0.3, -0.25) is 4.99 Å². The SMILES string of the molecule is CCNC(=NCC1CCN(CC)C1)NC(C)CCC(C)(C)C.I. The number of likely N-dealkylation sites (tertiary alicyclic amines) is 1. The van der Waals surface area contributed by atoms with E-state index >= 15 is 0 Å². The maximum absolute atomic E-state index is 4.82. The van der Waals surface area contributed by atoms with Gasteiger partial charge in [-0.2, -0.15) is 0 Å². The standard InChI is InChI=1S/C18H38N4.HI/c1-7-19-17(21-15(3)9-11-18(4,5)6)20-13-16-10-12-22(8-2)14-16;/h15-16H,7-14H2,1-6H3,(H2,19,20,21);1H. The molecule has 2 unspecified atom stereocenters. The van der Waals surface area contributed by atoms with Crippen molar-refractivity contribution in [3.05, 3.63) is 0 Å². The molecule has 0 bridgehead atoms. The van der Waals surface area contributed by atoms with Crippen LogP contribution in [-0.4, -0.2) is 49.6 Å². The number of hydrogen-bond acceptors (Lipinski definition) is 2. The van der Waals surface area contributed by atoms with Crippen LogP contribution in [0.4, 0.5) is 0 Å². The van der Waals surface area contributed by atoms with Gasteiger partial charge in [0.15, 0.2) is 5.96 Å². The number of aliphatic imine (C=N–C) groups is 1. The molecule has 4 nitrogen and oxygen atoms in total. The van der Waals surface area contributed by atoms with Gasteiger partial charge in [0, 0.05) is 25.7 Å². The minimum Gasteiger partial charge on any atom is -0.357 e. The lowest BCUT2D eigenvalue weighted by Crippen LogP contribution is -2.42. The fourth-order valence-electron chi connectivity index (χ4n) is 2.84. The van der Waals surface area contributed by atoms with Gasteiger partial charge in [-0.25, -0.2) is 0 Å². The molecule has 0 aliphatic carbocycles. The van der Waals surface area contributed by atoms with E-state index < -0.39 is 0 Å². The van der Waals surface area contributed by atoms with Crippen molar-refractivity contribution in [2.45, 2.75) is 66.8 Å². The minimum absolute atomic E-state index is 0. The van der Waals surface area contributed by atoms with Gasteiger partial charge < -0.3 is 15.5 Å². The molecular weight excluding hydrogens is 399 g/mol. The molecule has 1 heterocycles. The Morgan fingerprint density at radius 1 is 1.30 bits per heavy atom. The average molecular weight is 438 g/mol. The van der Waals surface area contributed by atoms with E-state index in [0.29, 0.717) is 11.5 Å². The van der Waals surface area contributed by atoms with Gasteiger partial charge >= 0.3 is 0 Å². The van der Waals surface area contributed by atoms with Crippen molar-refractivity contribution in [3.63, 3.8) is 0 Å². The van der Waals surface area contributed by atoms with Gasteiger partial charge in [0.2, 0.25) is 0 Å². The van der Waals surface area contributed by atoms with Crippen LogP contribution in [0.25, 0.3) is 0 Å². The van der Waals surface area contributed by atoms with Crippen molar-refractivity contribution in [1.82, 2.24) is 15.5 Å². The fraction of sp³-hybridized carbons (Fsp3) is 0.944. The monoisotopic (exact) mass is 438 g/mol. The highest BCUT2D eigenvalue weighted by Gasteiger charge is 2.21. The second kappa shape index (κ2) is 11.5. The molecule has 1 saturated heterocycles. The van der Waals surface area contributed by atoms with Crippen LogP contribution in [-0.2, 0) is 0 Å². The Kier molecular flexibility index (Phi) is 11.5. The van der Waals surface area contributed by atoms with Crippen molar-refractivity contribution < 1.29 is 0 Å². The van der Waals surface area contributed by atoms with E-state index in [1.165, 1.54) is 38.9 Å². The first kappa shape index (κ1) is 23.0. The first-order chi connectivity index (χ1) is 10.3. The summed E-state index contributed by atoms with van der Waals surface area (Å²) in [5, 5.41) is 6.95. The molecule has 0 spiro atoms. The van der Waals surface area contributed by atoms with Crippen molar-refractivity contribution in [1.29, 1.82) is 0 Å². The third-order valence-electron chi connectivity index (χ3n) is 4.38. The van der Waals surface area contributed by atoms with Gasteiger partial charge in [-0.1, -0.05) is 27.7 Å². The number of nitrogens with one attached hydrogen (secondary N) is 2. The van der Waals surface area contributed by atoms with E-state index in [9.17, 15) is 0 Å². The van der Waals surface area contributed by atoms with Gasteiger partial charge in [-0.05, 0) is 57.5 Å². The van der Waals surface area contributed by atoms with Gasteiger partial charge in [0.1, 0.15) is 0 Å². The summed E-state index contributed by atoms with van der Waals surface area (Å²) in [7, 11) is 0. The van der Waals surface area contributed by atoms with E-state index in [1.54, 1.807) is 0 Å². The molecule has 23 heavy (non-hydrogen) atoms. The second-order valence-electron chi connectivity index (χ2n) is 7.91. The largest absolute Gasteiger partial charge is 0.357 e. The molecule has 2 atom stereocenters. The van der Waals surface area contributed by atoms with Crippen LogP contribution in [0.3, 0.4) is 0 Å². The average Bonchev–Trinajstić information content (AvgIpc) is 2.90. The molecule has 0 saturated carbocycles. The molecule has 0 radical (unpaired) electrons. The Balaban J connectivity index is 0.00000484. The van der Waals surface area contributed by atoms with Gasteiger partial charge in [0.25, 0.3) is 0 Å². The Morgan fingerprint density at radius 2 is 2.00 bits per heavy atom. The Bertz CT molecular complexity index is 338. The number of guanidine groups is 1. The predicted molar refractivity (Wildman–Crippen MR) is 113 cm³/mol. The van der Waals surface area contributed by atoms with Crippen molar-refractivity contribution in [3.8, 4) is 0 Å². The lowest BCUT2D eigenvalue weighted by atomic mass is 9.89. The molecule has 5 heteroatoms. The number of rotatable bonds is 7. The molecule has 2 N–H and O–H groups in total. The maximum Gasteiger partial charge on any atom is 0.191 e. The molecule has 0 amide bonds. The van der Waals surface area contributed by atoms with Crippen LogP contribution in [0.5, 0.6) is 0 Å². The topological polar surface area (TPSA) is 39.7 Å².